The van der Waals surface area contributed by atoms with Crippen LogP contribution in [-0.2, 0) is 9.53 Å². The van der Waals surface area contributed by atoms with E-state index in [1.165, 1.54) is 0 Å². The van der Waals surface area contributed by atoms with Crippen molar-refractivity contribution in [1.29, 1.82) is 0 Å². The fourth-order valence-electron chi connectivity index (χ4n) is 1.62. The van der Waals surface area contributed by atoms with Gasteiger partial charge in [0.05, 0.1) is 6.61 Å². The van der Waals surface area contributed by atoms with Crippen molar-refractivity contribution in [2.24, 2.45) is 17.6 Å². The van der Waals surface area contributed by atoms with Crippen LogP contribution in [0.1, 0.15) is 13.3 Å². The minimum atomic E-state index is -0.927. The summed E-state index contributed by atoms with van der Waals surface area (Å²) in [6.45, 7) is 3.18. The van der Waals surface area contributed by atoms with Gasteiger partial charge in [-0.1, -0.05) is 13.3 Å². The fourth-order valence-corrected chi connectivity index (χ4v) is 1.62. The van der Waals surface area contributed by atoms with Crippen molar-refractivity contribution < 1.29 is 14.6 Å². The van der Waals surface area contributed by atoms with Crippen molar-refractivity contribution in [2.75, 3.05) is 13.2 Å². The molecule has 1 saturated heterocycles. The second kappa shape index (κ2) is 3.87. The zero-order valence-electron chi connectivity index (χ0n) is 7.19. The number of hydrogen-bond donors (Lipinski definition) is 2. The third-order valence-corrected chi connectivity index (χ3v) is 2.52. The zero-order chi connectivity index (χ0) is 9.14. The highest BCUT2D eigenvalue weighted by Crippen LogP contribution is 2.25. The number of ether oxygens (including phenoxy) is 1. The molecule has 70 valence electrons. The molecular formula is C8H15NO3. The number of rotatable bonds is 3. The SMILES string of the molecule is CCC1COCC1C(N)C(=O)O. The molecule has 4 nitrogen and oxygen atoms in total. The molecule has 0 spiro atoms. The molecule has 1 rings (SSSR count). The molecule has 1 aliphatic heterocycles. The van der Waals surface area contributed by atoms with Crippen molar-refractivity contribution >= 4 is 5.97 Å². The van der Waals surface area contributed by atoms with E-state index in [0.717, 1.165) is 6.42 Å². The predicted molar refractivity (Wildman–Crippen MR) is 43.7 cm³/mol. The van der Waals surface area contributed by atoms with Crippen LogP contribution in [0, 0.1) is 11.8 Å². The molecule has 0 radical (unpaired) electrons. The van der Waals surface area contributed by atoms with Crippen LogP contribution in [0.5, 0.6) is 0 Å². The first-order valence-corrected chi connectivity index (χ1v) is 4.23. The van der Waals surface area contributed by atoms with Gasteiger partial charge in [-0.05, 0) is 5.92 Å². The summed E-state index contributed by atoms with van der Waals surface area (Å²) < 4.78 is 5.19. The lowest BCUT2D eigenvalue weighted by molar-refractivity contribution is -0.140. The molecule has 12 heavy (non-hydrogen) atoms. The third kappa shape index (κ3) is 1.76. The van der Waals surface area contributed by atoms with Gasteiger partial charge >= 0.3 is 5.97 Å². The molecule has 0 aromatic rings. The van der Waals surface area contributed by atoms with E-state index < -0.39 is 12.0 Å². The Hall–Kier alpha value is -0.610. The molecule has 1 heterocycles. The van der Waals surface area contributed by atoms with Crippen LogP contribution in [-0.4, -0.2) is 30.3 Å². The second-order valence-electron chi connectivity index (χ2n) is 3.23. The zero-order valence-corrected chi connectivity index (χ0v) is 7.19. The number of carboxylic acids is 1. The average Bonchev–Trinajstić information content (AvgIpc) is 2.49. The Kier molecular flexibility index (Phi) is 3.05. The van der Waals surface area contributed by atoms with E-state index >= 15 is 0 Å². The third-order valence-electron chi connectivity index (χ3n) is 2.52. The molecule has 3 atom stereocenters. The Morgan fingerprint density at radius 2 is 2.42 bits per heavy atom. The predicted octanol–water partition coefficient (Wildman–Crippen LogP) is 0.0709. The van der Waals surface area contributed by atoms with E-state index in [4.69, 9.17) is 15.6 Å². The normalized spacial score (nSPS) is 31.8. The summed E-state index contributed by atoms with van der Waals surface area (Å²) in [6.07, 6.45) is 0.936. The number of carbonyl (C=O) groups is 1. The van der Waals surface area contributed by atoms with Gasteiger partial charge in [0.15, 0.2) is 0 Å². The van der Waals surface area contributed by atoms with Crippen LogP contribution in [0.25, 0.3) is 0 Å². The summed E-state index contributed by atoms with van der Waals surface area (Å²) in [5, 5.41) is 8.68. The first-order valence-electron chi connectivity index (χ1n) is 4.23. The summed E-state index contributed by atoms with van der Waals surface area (Å²) >= 11 is 0. The lowest BCUT2D eigenvalue weighted by Gasteiger charge is -2.19. The molecule has 0 saturated carbocycles. The summed E-state index contributed by atoms with van der Waals surface area (Å²) in [5.41, 5.74) is 5.51. The van der Waals surface area contributed by atoms with E-state index in [0.29, 0.717) is 19.1 Å². The van der Waals surface area contributed by atoms with Crippen LogP contribution >= 0.6 is 0 Å². The minimum Gasteiger partial charge on any atom is -0.480 e. The summed E-state index contributed by atoms with van der Waals surface area (Å²) in [7, 11) is 0. The Bertz CT molecular complexity index is 172. The van der Waals surface area contributed by atoms with Crippen LogP contribution in [0.2, 0.25) is 0 Å². The van der Waals surface area contributed by atoms with Gasteiger partial charge < -0.3 is 15.6 Å². The molecule has 3 unspecified atom stereocenters. The Morgan fingerprint density at radius 1 is 1.75 bits per heavy atom. The van der Waals surface area contributed by atoms with E-state index in [1.54, 1.807) is 0 Å². The smallest absolute Gasteiger partial charge is 0.320 e. The van der Waals surface area contributed by atoms with Gasteiger partial charge in [0.1, 0.15) is 6.04 Å². The van der Waals surface area contributed by atoms with E-state index in [2.05, 4.69) is 0 Å². The highest BCUT2D eigenvalue weighted by Gasteiger charge is 2.35. The van der Waals surface area contributed by atoms with Crippen LogP contribution in [0.15, 0.2) is 0 Å². The van der Waals surface area contributed by atoms with Gasteiger partial charge in [0.2, 0.25) is 0 Å². The topological polar surface area (TPSA) is 72.5 Å². The number of aliphatic carboxylic acids is 1. The summed E-state index contributed by atoms with van der Waals surface area (Å²) in [5.74, 6) is -0.618. The monoisotopic (exact) mass is 173 g/mol. The molecule has 0 aliphatic carbocycles. The summed E-state index contributed by atoms with van der Waals surface area (Å²) in [4.78, 5) is 10.6. The average molecular weight is 173 g/mol. The molecule has 4 heteroatoms. The van der Waals surface area contributed by atoms with Crippen LogP contribution in [0.4, 0.5) is 0 Å². The molecule has 0 aromatic heterocycles. The second-order valence-corrected chi connectivity index (χ2v) is 3.23. The fraction of sp³-hybridized carbons (Fsp3) is 0.875. The molecule has 3 N–H and O–H groups in total. The highest BCUT2D eigenvalue weighted by atomic mass is 16.5. The summed E-state index contributed by atoms with van der Waals surface area (Å²) in [6, 6.07) is -0.766. The standard InChI is InChI=1S/C8H15NO3/c1-2-5-3-12-4-6(5)7(9)8(10)11/h5-7H,2-4,9H2,1H3,(H,10,11). The Balaban J connectivity index is 2.55. The van der Waals surface area contributed by atoms with Gasteiger partial charge in [0, 0.05) is 12.5 Å². The van der Waals surface area contributed by atoms with Crippen LogP contribution < -0.4 is 5.73 Å². The lowest BCUT2D eigenvalue weighted by Crippen LogP contribution is -2.41. The van der Waals surface area contributed by atoms with E-state index in [9.17, 15) is 4.79 Å². The number of hydrogen-bond acceptors (Lipinski definition) is 3. The first kappa shape index (κ1) is 9.48. The number of nitrogens with two attached hydrogens (primary N) is 1. The Morgan fingerprint density at radius 3 is 2.92 bits per heavy atom. The molecular weight excluding hydrogens is 158 g/mol. The van der Waals surface area contributed by atoms with Crippen molar-refractivity contribution in [3.8, 4) is 0 Å². The molecule has 0 amide bonds. The quantitative estimate of drug-likeness (QED) is 0.633. The highest BCUT2D eigenvalue weighted by molar-refractivity contribution is 5.73. The van der Waals surface area contributed by atoms with Crippen molar-refractivity contribution in [1.82, 2.24) is 0 Å². The maximum Gasteiger partial charge on any atom is 0.320 e. The van der Waals surface area contributed by atoms with Crippen LogP contribution in [0.3, 0.4) is 0 Å². The van der Waals surface area contributed by atoms with E-state index in [-0.39, 0.29) is 5.92 Å². The van der Waals surface area contributed by atoms with Gasteiger partial charge in [-0.3, -0.25) is 4.79 Å². The van der Waals surface area contributed by atoms with Gasteiger partial charge in [-0.15, -0.1) is 0 Å². The Labute approximate surface area is 71.7 Å². The molecule has 1 aliphatic rings. The molecule has 0 aromatic carbocycles. The lowest BCUT2D eigenvalue weighted by atomic mass is 9.88. The largest absolute Gasteiger partial charge is 0.480 e. The van der Waals surface area contributed by atoms with Gasteiger partial charge in [-0.25, -0.2) is 0 Å². The van der Waals surface area contributed by atoms with Crippen molar-refractivity contribution in [3.63, 3.8) is 0 Å². The first-order chi connectivity index (χ1) is 5.66. The maximum absolute atomic E-state index is 10.6. The molecule has 0 bridgehead atoms. The van der Waals surface area contributed by atoms with Gasteiger partial charge in [0.25, 0.3) is 0 Å². The van der Waals surface area contributed by atoms with E-state index in [1.807, 2.05) is 6.92 Å². The van der Waals surface area contributed by atoms with Gasteiger partial charge in [-0.2, -0.15) is 0 Å². The van der Waals surface area contributed by atoms with Crippen molar-refractivity contribution in [2.45, 2.75) is 19.4 Å². The maximum atomic E-state index is 10.6. The minimum absolute atomic E-state index is 0.00694. The molecule has 1 fully saturated rings. The number of carboxylic acid groups (broad SMARTS) is 1. The van der Waals surface area contributed by atoms with Crippen molar-refractivity contribution in [3.05, 3.63) is 0 Å².